The monoisotopic (exact) mass is 258 g/mol. The molecular formula is C11H15BrO2. The lowest BCUT2D eigenvalue weighted by Gasteiger charge is -2.08. The molecule has 0 unspecified atom stereocenters. The van der Waals surface area contributed by atoms with Gasteiger partial charge >= 0.3 is 0 Å². The maximum atomic E-state index is 9.64. The van der Waals surface area contributed by atoms with Crippen molar-refractivity contribution in [2.45, 2.75) is 26.2 Å². The van der Waals surface area contributed by atoms with Crippen LogP contribution in [0.3, 0.4) is 0 Å². The van der Waals surface area contributed by atoms with Gasteiger partial charge in [-0.1, -0.05) is 29.3 Å². The Hall–Kier alpha value is -0.540. The molecule has 2 nitrogen and oxygen atoms in total. The Bertz CT molecular complexity index is 279. The zero-order valence-corrected chi connectivity index (χ0v) is 9.84. The van der Waals surface area contributed by atoms with E-state index in [9.17, 15) is 5.11 Å². The lowest BCUT2D eigenvalue weighted by Crippen LogP contribution is -1.94. The van der Waals surface area contributed by atoms with E-state index in [-0.39, 0.29) is 12.4 Å². The van der Waals surface area contributed by atoms with Crippen molar-refractivity contribution in [1.29, 1.82) is 0 Å². The highest BCUT2D eigenvalue weighted by Crippen LogP contribution is 2.27. The van der Waals surface area contributed by atoms with Crippen LogP contribution in [0.4, 0.5) is 0 Å². The molecule has 14 heavy (non-hydrogen) atoms. The second-order valence-corrected chi connectivity index (χ2v) is 4.15. The number of halogens is 1. The first-order chi connectivity index (χ1) is 6.69. The van der Waals surface area contributed by atoms with Gasteiger partial charge in [0.05, 0.1) is 0 Å². The fourth-order valence-electron chi connectivity index (χ4n) is 1.43. The van der Waals surface area contributed by atoms with E-state index in [4.69, 9.17) is 5.11 Å². The molecule has 1 aromatic carbocycles. The number of aromatic hydroxyl groups is 1. The molecule has 78 valence electrons. The van der Waals surface area contributed by atoms with Gasteiger partial charge in [0.15, 0.2) is 0 Å². The minimum atomic E-state index is 0.0626. The molecule has 0 aliphatic heterocycles. The molecule has 1 rings (SSSR count). The first kappa shape index (κ1) is 11.5. The minimum Gasteiger partial charge on any atom is -0.508 e. The smallest absolute Gasteiger partial charge is 0.119 e. The number of aryl methyl sites for hydroxylation is 1. The summed E-state index contributed by atoms with van der Waals surface area (Å²) in [6.45, 7) is 2.16. The van der Waals surface area contributed by atoms with E-state index in [2.05, 4.69) is 22.9 Å². The largest absolute Gasteiger partial charge is 0.508 e. The molecular weight excluding hydrogens is 244 g/mol. The van der Waals surface area contributed by atoms with Gasteiger partial charge in [0.2, 0.25) is 0 Å². The van der Waals surface area contributed by atoms with Crippen LogP contribution in [0, 0.1) is 0 Å². The molecule has 0 aliphatic rings. The third kappa shape index (κ3) is 2.72. The Morgan fingerprint density at radius 3 is 2.50 bits per heavy atom. The average molecular weight is 259 g/mol. The van der Waals surface area contributed by atoms with E-state index in [1.54, 1.807) is 6.07 Å². The molecule has 1 aromatic rings. The average Bonchev–Trinajstić information content (AvgIpc) is 2.14. The van der Waals surface area contributed by atoms with E-state index in [0.717, 1.165) is 28.4 Å². The fraction of sp³-hybridized carbons (Fsp3) is 0.455. The van der Waals surface area contributed by atoms with Crippen LogP contribution in [0.2, 0.25) is 0 Å². The SMILES string of the molecule is CCCc1cc(O)c(CCO)cc1Br. The number of hydrogen-bond donors (Lipinski definition) is 2. The molecule has 0 amide bonds. The molecule has 3 heteroatoms. The summed E-state index contributed by atoms with van der Waals surface area (Å²) in [6, 6.07) is 3.66. The van der Waals surface area contributed by atoms with Crippen LogP contribution in [0.5, 0.6) is 5.75 Å². The van der Waals surface area contributed by atoms with Crippen LogP contribution in [0.15, 0.2) is 16.6 Å². The van der Waals surface area contributed by atoms with Crippen LogP contribution in [0.25, 0.3) is 0 Å². The maximum Gasteiger partial charge on any atom is 0.119 e. The third-order valence-corrected chi connectivity index (χ3v) is 2.89. The fourth-order valence-corrected chi connectivity index (χ4v) is 2.02. The Morgan fingerprint density at radius 1 is 1.21 bits per heavy atom. The summed E-state index contributed by atoms with van der Waals surface area (Å²) < 4.78 is 1.01. The number of hydrogen-bond acceptors (Lipinski definition) is 2. The van der Waals surface area contributed by atoms with Crippen molar-refractivity contribution in [2.75, 3.05) is 6.61 Å². The van der Waals surface area contributed by atoms with Gasteiger partial charge < -0.3 is 10.2 Å². The van der Waals surface area contributed by atoms with Crippen molar-refractivity contribution in [1.82, 2.24) is 0 Å². The molecule has 0 saturated heterocycles. The lowest BCUT2D eigenvalue weighted by atomic mass is 10.0. The Balaban J connectivity index is 2.97. The van der Waals surface area contributed by atoms with Crippen molar-refractivity contribution in [3.63, 3.8) is 0 Å². The van der Waals surface area contributed by atoms with Crippen LogP contribution in [-0.4, -0.2) is 16.8 Å². The Kier molecular flexibility index (Phi) is 4.42. The highest BCUT2D eigenvalue weighted by Gasteiger charge is 2.06. The zero-order chi connectivity index (χ0) is 10.6. The predicted molar refractivity (Wildman–Crippen MR) is 60.6 cm³/mol. The van der Waals surface area contributed by atoms with Crippen LogP contribution in [-0.2, 0) is 12.8 Å². The third-order valence-electron chi connectivity index (χ3n) is 2.15. The van der Waals surface area contributed by atoms with Gasteiger partial charge in [0, 0.05) is 11.1 Å². The molecule has 0 spiro atoms. The van der Waals surface area contributed by atoms with E-state index >= 15 is 0 Å². The summed E-state index contributed by atoms with van der Waals surface area (Å²) in [5.74, 6) is 0.283. The van der Waals surface area contributed by atoms with Crippen molar-refractivity contribution < 1.29 is 10.2 Å². The predicted octanol–water partition coefficient (Wildman–Crippen LogP) is 2.64. The van der Waals surface area contributed by atoms with Crippen LogP contribution < -0.4 is 0 Å². The van der Waals surface area contributed by atoms with Gasteiger partial charge in [-0.2, -0.15) is 0 Å². The maximum absolute atomic E-state index is 9.64. The van der Waals surface area contributed by atoms with Gasteiger partial charge in [-0.3, -0.25) is 0 Å². The van der Waals surface area contributed by atoms with E-state index in [0.29, 0.717) is 6.42 Å². The van der Waals surface area contributed by atoms with Gasteiger partial charge in [0.25, 0.3) is 0 Å². The van der Waals surface area contributed by atoms with Gasteiger partial charge in [-0.15, -0.1) is 0 Å². The quantitative estimate of drug-likeness (QED) is 0.872. The first-order valence-corrected chi connectivity index (χ1v) is 5.59. The van der Waals surface area contributed by atoms with Gasteiger partial charge in [-0.05, 0) is 36.1 Å². The number of benzene rings is 1. The van der Waals surface area contributed by atoms with Crippen molar-refractivity contribution in [3.8, 4) is 5.75 Å². The van der Waals surface area contributed by atoms with E-state index < -0.39 is 0 Å². The van der Waals surface area contributed by atoms with Gasteiger partial charge in [0.1, 0.15) is 5.75 Å². The summed E-state index contributed by atoms with van der Waals surface area (Å²) in [7, 11) is 0. The van der Waals surface area contributed by atoms with Crippen molar-refractivity contribution in [3.05, 3.63) is 27.7 Å². The van der Waals surface area contributed by atoms with Crippen LogP contribution in [0.1, 0.15) is 24.5 Å². The second-order valence-electron chi connectivity index (χ2n) is 3.30. The summed E-state index contributed by atoms with van der Waals surface area (Å²) in [6.07, 6.45) is 2.50. The molecule has 0 aliphatic carbocycles. The highest BCUT2D eigenvalue weighted by atomic mass is 79.9. The topological polar surface area (TPSA) is 40.5 Å². The zero-order valence-electron chi connectivity index (χ0n) is 8.26. The molecule has 0 bridgehead atoms. The number of phenols is 1. The molecule has 0 saturated carbocycles. The summed E-state index contributed by atoms with van der Waals surface area (Å²) >= 11 is 3.46. The normalized spacial score (nSPS) is 10.5. The Morgan fingerprint density at radius 2 is 1.93 bits per heavy atom. The Labute approximate surface area is 92.7 Å². The van der Waals surface area contributed by atoms with E-state index in [1.807, 2.05) is 6.07 Å². The first-order valence-electron chi connectivity index (χ1n) is 4.80. The van der Waals surface area contributed by atoms with Crippen molar-refractivity contribution in [2.24, 2.45) is 0 Å². The number of phenolic OH excluding ortho intramolecular Hbond substituents is 1. The molecule has 0 heterocycles. The summed E-state index contributed by atoms with van der Waals surface area (Å²) in [5, 5.41) is 18.4. The second kappa shape index (κ2) is 5.37. The summed E-state index contributed by atoms with van der Waals surface area (Å²) in [5.41, 5.74) is 1.91. The van der Waals surface area contributed by atoms with Gasteiger partial charge in [-0.25, -0.2) is 0 Å². The number of aliphatic hydroxyl groups excluding tert-OH is 1. The van der Waals surface area contributed by atoms with Crippen LogP contribution >= 0.6 is 15.9 Å². The minimum absolute atomic E-state index is 0.0626. The highest BCUT2D eigenvalue weighted by molar-refractivity contribution is 9.10. The number of rotatable bonds is 4. The van der Waals surface area contributed by atoms with Crippen molar-refractivity contribution >= 4 is 15.9 Å². The molecule has 2 N–H and O–H groups in total. The standard InChI is InChI=1S/C11H15BrO2/c1-2-3-8-7-11(14)9(4-5-13)6-10(8)12/h6-7,13-14H,2-5H2,1H3. The molecule has 0 aromatic heterocycles. The summed E-state index contributed by atoms with van der Waals surface area (Å²) in [4.78, 5) is 0. The molecule has 0 fully saturated rings. The molecule has 0 radical (unpaired) electrons. The number of aliphatic hydroxyl groups is 1. The molecule has 0 atom stereocenters. The van der Waals surface area contributed by atoms with E-state index in [1.165, 1.54) is 0 Å². The lowest BCUT2D eigenvalue weighted by molar-refractivity contribution is 0.297.